The highest BCUT2D eigenvalue weighted by molar-refractivity contribution is 8.01. The Kier molecular flexibility index (Phi) is 3.66. The molecule has 1 N–H and O–H groups in total. The van der Waals surface area contributed by atoms with Crippen LogP contribution in [0, 0.1) is 0 Å². The average Bonchev–Trinajstić information content (AvgIpc) is 2.46. The van der Waals surface area contributed by atoms with Crippen molar-refractivity contribution in [1.29, 1.82) is 0 Å². The number of hydrogen-bond donors (Lipinski definition) is 1. The molecule has 108 valence electrons. The molecule has 21 heavy (non-hydrogen) atoms. The summed E-state index contributed by atoms with van der Waals surface area (Å²) in [5, 5.41) is 2.83. The van der Waals surface area contributed by atoms with E-state index in [0.717, 1.165) is 16.3 Å². The Balaban J connectivity index is 1.87. The van der Waals surface area contributed by atoms with Crippen LogP contribution in [0.4, 0.5) is 16.4 Å². The van der Waals surface area contributed by atoms with E-state index in [1.54, 1.807) is 18.5 Å². The van der Waals surface area contributed by atoms with Gasteiger partial charge in [0.15, 0.2) is 0 Å². The summed E-state index contributed by atoms with van der Waals surface area (Å²) in [5.74, 6) is 1.09. The number of fused-ring (bicyclic) bond motifs is 1. The zero-order chi connectivity index (χ0) is 14.8. The first-order chi connectivity index (χ1) is 10.1. The van der Waals surface area contributed by atoms with Crippen LogP contribution in [0.5, 0.6) is 5.75 Å². The van der Waals surface area contributed by atoms with Crippen molar-refractivity contribution in [1.82, 2.24) is 9.97 Å². The van der Waals surface area contributed by atoms with E-state index in [1.807, 2.05) is 32.0 Å². The molecule has 2 aromatic rings. The van der Waals surface area contributed by atoms with Gasteiger partial charge in [0.25, 0.3) is 0 Å². The minimum absolute atomic E-state index is 0.0872. The molecular formula is C14H14N4O2S. The summed E-state index contributed by atoms with van der Waals surface area (Å²) >= 11 is 1.29. The molecule has 0 spiro atoms. The summed E-state index contributed by atoms with van der Waals surface area (Å²) in [6, 6.07) is 7.05. The van der Waals surface area contributed by atoms with Gasteiger partial charge in [-0.3, -0.25) is 0 Å². The topological polar surface area (TPSA) is 67.3 Å². The van der Waals surface area contributed by atoms with Gasteiger partial charge in [0.1, 0.15) is 5.75 Å². The quantitative estimate of drug-likeness (QED) is 0.881. The number of urea groups is 1. The number of anilines is 2. The molecular weight excluding hydrogens is 288 g/mol. The Morgan fingerprint density at radius 1 is 1.29 bits per heavy atom. The molecule has 2 heterocycles. The van der Waals surface area contributed by atoms with Gasteiger partial charge in [0.05, 0.1) is 16.7 Å². The molecule has 1 aliphatic rings. The van der Waals surface area contributed by atoms with Crippen molar-refractivity contribution >= 4 is 29.6 Å². The zero-order valence-electron chi connectivity index (χ0n) is 11.6. The maximum absolute atomic E-state index is 12.2. The van der Waals surface area contributed by atoms with Crippen molar-refractivity contribution in [2.45, 2.75) is 24.8 Å². The van der Waals surface area contributed by atoms with Crippen LogP contribution in [0.25, 0.3) is 0 Å². The second-order valence-electron chi connectivity index (χ2n) is 4.69. The summed E-state index contributed by atoms with van der Waals surface area (Å²) in [7, 11) is 0. The van der Waals surface area contributed by atoms with E-state index >= 15 is 0 Å². The van der Waals surface area contributed by atoms with Gasteiger partial charge in [0, 0.05) is 30.4 Å². The van der Waals surface area contributed by atoms with Gasteiger partial charge in [0.2, 0.25) is 5.95 Å². The Morgan fingerprint density at radius 3 is 2.76 bits per heavy atom. The summed E-state index contributed by atoms with van der Waals surface area (Å²) in [6.07, 6.45) is 3.29. The van der Waals surface area contributed by atoms with E-state index in [-0.39, 0.29) is 12.1 Å². The first kappa shape index (κ1) is 13.7. The molecule has 0 atom stereocenters. The van der Waals surface area contributed by atoms with E-state index in [1.165, 1.54) is 16.3 Å². The van der Waals surface area contributed by atoms with Crippen LogP contribution in [-0.2, 0) is 0 Å². The highest BCUT2D eigenvalue weighted by atomic mass is 32.2. The maximum atomic E-state index is 12.2. The average molecular weight is 302 g/mol. The summed E-state index contributed by atoms with van der Waals surface area (Å²) in [5.41, 5.74) is 0.732. The number of nitrogens with zero attached hydrogens (tertiary/aromatic N) is 3. The van der Waals surface area contributed by atoms with Crippen LogP contribution in [0.15, 0.2) is 41.6 Å². The van der Waals surface area contributed by atoms with Crippen molar-refractivity contribution in [3.05, 3.63) is 36.7 Å². The zero-order valence-corrected chi connectivity index (χ0v) is 12.4. The van der Waals surface area contributed by atoms with Crippen molar-refractivity contribution in [2.75, 3.05) is 9.62 Å². The lowest BCUT2D eigenvalue weighted by Crippen LogP contribution is -2.33. The van der Waals surface area contributed by atoms with Crippen molar-refractivity contribution in [3.8, 4) is 5.75 Å². The van der Waals surface area contributed by atoms with E-state index in [2.05, 4.69) is 15.3 Å². The van der Waals surface area contributed by atoms with Crippen molar-refractivity contribution in [2.24, 2.45) is 0 Å². The Labute approximate surface area is 126 Å². The molecule has 2 amide bonds. The van der Waals surface area contributed by atoms with Crippen LogP contribution < -0.4 is 14.4 Å². The van der Waals surface area contributed by atoms with Gasteiger partial charge < -0.3 is 10.1 Å². The number of benzene rings is 1. The smallest absolute Gasteiger partial charge is 0.339 e. The lowest BCUT2D eigenvalue weighted by atomic mass is 10.3. The number of ether oxygens (including phenoxy) is 1. The molecule has 0 bridgehead atoms. The van der Waals surface area contributed by atoms with Gasteiger partial charge in [-0.25, -0.2) is 14.8 Å². The molecule has 0 saturated carbocycles. The standard InChI is InChI=1S/C14H14N4O2S/c1-9(2)20-10-4-5-12-11(8-10)17-14(19)18(21-12)13-15-6-3-7-16-13/h3-9H,1-2H3,(H,17,19). The lowest BCUT2D eigenvalue weighted by molar-refractivity contribution is 0.242. The predicted octanol–water partition coefficient (Wildman–Crippen LogP) is 3.32. The predicted molar refractivity (Wildman–Crippen MR) is 81.6 cm³/mol. The highest BCUT2D eigenvalue weighted by Gasteiger charge is 2.27. The van der Waals surface area contributed by atoms with E-state index in [4.69, 9.17) is 4.74 Å². The van der Waals surface area contributed by atoms with Crippen LogP contribution in [0.1, 0.15) is 13.8 Å². The first-order valence-corrected chi connectivity index (χ1v) is 7.27. The fourth-order valence-corrected chi connectivity index (χ4v) is 2.70. The molecule has 1 aliphatic heterocycles. The molecule has 0 unspecified atom stereocenters. The van der Waals surface area contributed by atoms with Crippen LogP contribution >= 0.6 is 11.9 Å². The molecule has 0 saturated heterocycles. The largest absolute Gasteiger partial charge is 0.491 e. The molecule has 3 rings (SSSR count). The third-order valence-corrected chi connectivity index (χ3v) is 3.74. The van der Waals surface area contributed by atoms with E-state index in [9.17, 15) is 4.79 Å². The monoisotopic (exact) mass is 302 g/mol. The van der Waals surface area contributed by atoms with Gasteiger partial charge in [-0.05, 0) is 32.0 Å². The summed E-state index contributed by atoms with van der Waals surface area (Å²) in [4.78, 5) is 21.3. The maximum Gasteiger partial charge on any atom is 0.339 e. The van der Waals surface area contributed by atoms with Crippen molar-refractivity contribution < 1.29 is 9.53 Å². The van der Waals surface area contributed by atoms with Crippen LogP contribution in [0.3, 0.4) is 0 Å². The van der Waals surface area contributed by atoms with Gasteiger partial charge in [-0.2, -0.15) is 4.31 Å². The Morgan fingerprint density at radius 2 is 2.05 bits per heavy atom. The second-order valence-corrected chi connectivity index (χ2v) is 5.68. The number of hydrogen-bond acceptors (Lipinski definition) is 5. The second kappa shape index (κ2) is 5.61. The first-order valence-electron chi connectivity index (χ1n) is 6.50. The minimum atomic E-state index is -0.277. The number of rotatable bonds is 3. The Bertz CT molecular complexity index is 663. The number of amides is 2. The molecule has 6 nitrogen and oxygen atoms in total. The highest BCUT2D eigenvalue weighted by Crippen LogP contribution is 2.38. The van der Waals surface area contributed by atoms with Gasteiger partial charge in [-0.15, -0.1) is 0 Å². The molecule has 0 fully saturated rings. The van der Waals surface area contributed by atoms with Gasteiger partial charge >= 0.3 is 6.03 Å². The number of nitrogens with one attached hydrogen (secondary N) is 1. The third kappa shape index (κ3) is 2.92. The fraction of sp³-hybridized carbons (Fsp3) is 0.214. The number of carbonyl (C=O) groups is 1. The van der Waals surface area contributed by atoms with E-state index in [0.29, 0.717) is 5.95 Å². The van der Waals surface area contributed by atoms with Gasteiger partial charge in [-0.1, -0.05) is 0 Å². The number of carbonyl (C=O) groups excluding carboxylic acids is 1. The molecule has 1 aromatic heterocycles. The fourth-order valence-electron chi connectivity index (χ4n) is 1.87. The normalized spacial score (nSPS) is 13.9. The van der Waals surface area contributed by atoms with Crippen LogP contribution in [-0.4, -0.2) is 22.1 Å². The Hall–Kier alpha value is -2.28. The van der Waals surface area contributed by atoms with E-state index < -0.39 is 0 Å². The molecule has 0 radical (unpaired) electrons. The van der Waals surface area contributed by atoms with Crippen molar-refractivity contribution in [3.63, 3.8) is 0 Å². The van der Waals surface area contributed by atoms with Crippen LogP contribution in [0.2, 0.25) is 0 Å². The summed E-state index contributed by atoms with van der Waals surface area (Å²) in [6.45, 7) is 3.92. The SMILES string of the molecule is CC(C)Oc1ccc2c(c1)NC(=O)N(c1ncccn1)S2. The third-order valence-electron chi connectivity index (χ3n) is 2.67. The minimum Gasteiger partial charge on any atom is -0.491 e. The molecule has 7 heteroatoms. The summed E-state index contributed by atoms with van der Waals surface area (Å²) < 4.78 is 7.05. The lowest BCUT2D eigenvalue weighted by Gasteiger charge is -2.26. The molecule has 0 aliphatic carbocycles. The molecule has 1 aromatic carbocycles. The number of aromatic nitrogens is 2.